The molecule has 0 aromatic carbocycles. The molecule has 2 atom stereocenters. The predicted octanol–water partition coefficient (Wildman–Crippen LogP) is 3.21. The Morgan fingerprint density at radius 1 is 1.52 bits per heavy atom. The molecule has 0 radical (unpaired) electrons. The molecule has 1 aromatic heterocycles. The SMILES string of the molecule is O=C(O)C(c1cc(Br)cs1)N(CC1CCCO1)C(=O)C(F)(F)F. The lowest BCUT2D eigenvalue weighted by Gasteiger charge is -2.30. The molecule has 1 amide bonds. The molecule has 2 unspecified atom stereocenters. The summed E-state index contributed by atoms with van der Waals surface area (Å²) in [6, 6.07) is -0.306. The van der Waals surface area contributed by atoms with E-state index in [1.165, 1.54) is 6.07 Å². The molecular weight excluding hydrogens is 403 g/mol. The molecule has 1 fully saturated rings. The Kier molecular flexibility index (Phi) is 5.69. The molecule has 10 heteroatoms. The van der Waals surface area contributed by atoms with Crippen LogP contribution in [0.3, 0.4) is 0 Å². The molecule has 1 saturated heterocycles. The fraction of sp³-hybridized carbons (Fsp3) is 0.538. The fourth-order valence-electron chi connectivity index (χ4n) is 2.36. The number of hydrogen-bond donors (Lipinski definition) is 1. The van der Waals surface area contributed by atoms with Crippen molar-refractivity contribution in [1.29, 1.82) is 0 Å². The first kappa shape index (κ1) is 18.2. The third kappa shape index (κ3) is 4.45. The number of hydrogen-bond acceptors (Lipinski definition) is 4. The Hall–Kier alpha value is -1.13. The van der Waals surface area contributed by atoms with Gasteiger partial charge in [0.1, 0.15) is 0 Å². The van der Waals surface area contributed by atoms with Crippen molar-refractivity contribution in [2.24, 2.45) is 0 Å². The quantitative estimate of drug-likeness (QED) is 0.801. The van der Waals surface area contributed by atoms with E-state index in [1.807, 2.05) is 0 Å². The highest BCUT2D eigenvalue weighted by molar-refractivity contribution is 9.10. The van der Waals surface area contributed by atoms with Crippen LogP contribution in [0.2, 0.25) is 0 Å². The molecule has 1 N–H and O–H groups in total. The molecule has 0 bridgehead atoms. The van der Waals surface area contributed by atoms with E-state index in [-0.39, 0.29) is 4.88 Å². The Morgan fingerprint density at radius 3 is 2.65 bits per heavy atom. The van der Waals surface area contributed by atoms with E-state index < -0.39 is 36.7 Å². The van der Waals surface area contributed by atoms with E-state index in [0.717, 1.165) is 11.3 Å². The largest absolute Gasteiger partial charge is 0.479 e. The number of ether oxygens (including phenoxy) is 1. The Labute approximate surface area is 142 Å². The molecule has 0 aliphatic carbocycles. The highest BCUT2D eigenvalue weighted by Crippen LogP contribution is 2.33. The van der Waals surface area contributed by atoms with Gasteiger partial charge in [-0.2, -0.15) is 13.2 Å². The van der Waals surface area contributed by atoms with Crippen LogP contribution in [0.25, 0.3) is 0 Å². The van der Waals surface area contributed by atoms with Crippen LogP contribution in [0, 0.1) is 0 Å². The fourth-order valence-corrected chi connectivity index (χ4v) is 3.90. The summed E-state index contributed by atoms with van der Waals surface area (Å²) in [5.74, 6) is -3.69. The Morgan fingerprint density at radius 2 is 2.22 bits per heavy atom. The number of rotatable bonds is 5. The lowest BCUT2D eigenvalue weighted by Crippen LogP contribution is -2.48. The summed E-state index contributed by atoms with van der Waals surface area (Å²) in [6.07, 6.45) is -4.59. The second-order valence-corrected chi connectivity index (χ2v) is 6.86. The molecule has 2 rings (SSSR count). The molecule has 0 spiro atoms. The van der Waals surface area contributed by atoms with Crippen LogP contribution in [0.5, 0.6) is 0 Å². The summed E-state index contributed by atoms with van der Waals surface area (Å²) < 4.78 is 44.5. The van der Waals surface area contributed by atoms with Gasteiger partial charge < -0.3 is 14.7 Å². The van der Waals surface area contributed by atoms with Crippen LogP contribution in [0.1, 0.15) is 23.8 Å². The van der Waals surface area contributed by atoms with Gasteiger partial charge in [0.15, 0.2) is 6.04 Å². The predicted molar refractivity (Wildman–Crippen MR) is 79.1 cm³/mol. The maximum atomic E-state index is 12.9. The van der Waals surface area contributed by atoms with E-state index in [4.69, 9.17) is 4.74 Å². The van der Waals surface area contributed by atoms with Gasteiger partial charge in [-0.3, -0.25) is 4.79 Å². The minimum atomic E-state index is -5.15. The third-order valence-corrected chi connectivity index (χ3v) is 5.08. The van der Waals surface area contributed by atoms with Crippen LogP contribution in [0.15, 0.2) is 15.9 Å². The summed E-state index contributed by atoms with van der Waals surface area (Å²) in [5.41, 5.74) is 0. The molecular formula is C13H13BrF3NO4S. The van der Waals surface area contributed by atoms with Gasteiger partial charge in [-0.1, -0.05) is 0 Å². The molecule has 1 aliphatic heterocycles. The number of alkyl halides is 3. The Bertz CT molecular complexity index is 586. The lowest BCUT2D eigenvalue weighted by molar-refractivity contribution is -0.191. The van der Waals surface area contributed by atoms with Crippen molar-refractivity contribution >= 4 is 39.1 Å². The first-order chi connectivity index (χ1) is 10.7. The van der Waals surface area contributed by atoms with Crippen molar-refractivity contribution in [2.45, 2.75) is 31.2 Å². The van der Waals surface area contributed by atoms with E-state index in [2.05, 4.69) is 15.9 Å². The number of carboxylic acids is 1. The second-order valence-electron chi connectivity index (χ2n) is 5.00. The van der Waals surface area contributed by atoms with E-state index >= 15 is 0 Å². The van der Waals surface area contributed by atoms with Gasteiger partial charge in [-0.05, 0) is 34.8 Å². The smallest absolute Gasteiger partial charge is 0.471 e. The van der Waals surface area contributed by atoms with Crippen molar-refractivity contribution in [3.8, 4) is 0 Å². The summed E-state index contributed by atoms with van der Waals surface area (Å²) in [5, 5.41) is 10.9. The van der Waals surface area contributed by atoms with Gasteiger partial charge in [0.2, 0.25) is 0 Å². The normalized spacial score (nSPS) is 19.6. The van der Waals surface area contributed by atoms with E-state index in [1.54, 1.807) is 5.38 Å². The highest BCUT2D eigenvalue weighted by Gasteiger charge is 2.47. The molecule has 23 heavy (non-hydrogen) atoms. The van der Waals surface area contributed by atoms with Gasteiger partial charge in [0.25, 0.3) is 0 Å². The van der Waals surface area contributed by atoms with Crippen molar-refractivity contribution < 1.29 is 32.6 Å². The molecule has 5 nitrogen and oxygen atoms in total. The standard InChI is InChI=1S/C13H13BrF3NO4S/c14-7-4-9(23-6-7)10(11(19)20)18(12(21)13(15,16)17)5-8-2-1-3-22-8/h4,6,8,10H,1-3,5H2,(H,19,20). The number of aliphatic carboxylic acids is 1. The maximum absolute atomic E-state index is 12.9. The van der Waals surface area contributed by atoms with Gasteiger partial charge in [0.05, 0.1) is 6.10 Å². The summed E-state index contributed by atoms with van der Waals surface area (Å²) in [4.78, 5) is 23.8. The van der Waals surface area contributed by atoms with Crippen LogP contribution in [0.4, 0.5) is 13.2 Å². The first-order valence-corrected chi connectivity index (χ1v) is 8.33. The summed E-state index contributed by atoms with van der Waals surface area (Å²) >= 11 is 4.10. The Balaban J connectivity index is 2.35. The zero-order chi connectivity index (χ0) is 17.2. The maximum Gasteiger partial charge on any atom is 0.471 e. The van der Waals surface area contributed by atoms with Crippen molar-refractivity contribution in [2.75, 3.05) is 13.2 Å². The van der Waals surface area contributed by atoms with Crippen LogP contribution < -0.4 is 0 Å². The topological polar surface area (TPSA) is 66.8 Å². The van der Waals surface area contributed by atoms with Gasteiger partial charge in [-0.15, -0.1) is 11.3 Å². The number of halogens is 4. The van der Waals surface area contributed by atoms with Crippen LogP contribution in [-0.4, -0.2) is 47.3 Å². The van der Waals surface area contributed by atoms with Crippen LogP contribution >= 0.6 is 27.3 Å². The number of carbonyl (C=O) groups excluding carboxylic acids is 1. The molecule has 0 saturated carbocycles. The first-order valence-electron chi connectivity index (χ1n) is 6.66. The second kappa shape index (κ2) is 7.18. The van der Waals surface area contributed by atoms with E-state index in [9.17, 15) is 27.9 Å². The monoisotopic (exact) mass is 415 g/mol. The molecule has 2 heterocycles. The molecule has 128 valence electrons. The van der Waals surface area contributed by atoms with E-state index in [0.29, 0.717) is 28.8 Å². The zero-order valence-corrected chi connectivity index (χ0v) is 14.1. The van der Waals surface area contributed by atoms with Crippen molar-refractivity contribution in [3.05, 3.63) is 20.8 Å². The lowest BCUT2D eigenvalue weighted by atomic mass is 10.1. The average molecular weight is 416 g/mol. The van der Waals surface area contributed by atoms with Crippen molar-refractivity contribution in [1.82, 2.24) is 4.90 Å². The van der Waals surface area contributed by atoms with Crippen molar-refractivity contribution in [3.63, 3.8) is 0 Å². The zero-order valence-electron chi connectivity index (χ0n) is 11.7. The molecule has 1 aliphatic rings. The third-order valence-electron chi connectivity index (χ3n) is 3.33. The highest BCUT2D eigenvalue weighted by atomic mass is 79.9. The molecule has 1 aromatic rings. The van der Waals surface area contributed by atoms with Crippen LogP contribution in [-0.2, 0) is 14.3 Å². The number of carboxylic acid groups (broad SMARTS) is 1. The van der Waals surface area contributed by atoms with Gasteiger partial charge >= 0.3 is 18.1 Å². The summed E-state index contributed by atoms with van der Waals surface area (Å²) in [6.45, 7) is -0.0220. The van der Waals surface area contributed by atoms with Gasteiger partial charge in [-0.25, -0.2) is 4.79 Å². The number of nitrogens with zero attached hydrogens (tertiary/aromatic N) is 1. The minimum Gasteiger partial charge on any atom is -0.479 e. The number of amides is 1. The average Bonchev–Trinajstić information content (AvgIpc) is 3.08. The van der Waals surface area contributed by atoms with Gasteiger partial charge in [0, 0.05) is 27.9 Å². The summed E-state index contributed by atoms with van der Waals surface area (Å²) in [7, 11) is 0. The number of thiophene rings is 1. The number of carbonyl (C=O) groups is 2. The minimum absolute atomic E-state index is 0.139.